The fraction of sp³-hybridized carbons (Fsp3) is 0. The van der Waals surface area contributed by atoms with Gasteiger partial charge in [-0.15, -0.1) is 12.1 Å². The molecule has 4 aromatic rings. The van der Waals surface area contributed by atoms with Crippen LogP contribution >= 0.6 is 0 Å². The minimum Gasteiger partial charge on any atom is -0.424 e. The molecule has 0 aliphatic carbocycles. The second-order valence-corrected chi connectivity index (χ2v) is 4.46. The minimum atomic E-state index is -0.677. The Morgan fingerprint density at radius 1 is 1.08 bits per heavy atom. The largest absolute Gasteiger partial charge is 0.424 e. The molecule has 0 saturated carbocycles. The molecule has 3 heterocycles. The Hall–Kier alpha value is -2.77. The Bertz CT molecular complexity index is 882. The first-order chi connectivity index (χ1) is 11.7. The van der Waals surface area contributed by atoms with E-state index in [0.29, 0.717) is 5.82 Å². The van der Waals surface area contributed by atoms with Gasteiger partial charge in [0.2, 0.25) is 0 Å². The summed E-state index contributed by atoms with van der Waals surface area (Å²) in [6.07, 6.45) is 6.18. The van der Waals surface area contributed by atoms with Gasteiger partial charge < -0.3 is 10.1 Å². The van der Waals surface area contributed by atoms with Crippen LogP contribution in [-0.4, -0.2) is 24.8 Å². The van der Waals surface area contributed by atoms with Crippen molar-refractivity contribution >= 4 is 0 Å². The van der Waals surface area contributed by atoms with E-state index in [0.717, 1.165) is 17.8 Å². The predicted molar refractivity (Wildman–Crippen MR) is 80.9 cm³/mol. The first-order valence-corrected chi connectivity index (χ1v) is 6.82. The fourth-order valence-corrected chi connectivity index (χ4v) is 1.81. The summed E-state index contributed by atoms with van der Waals surface area (Å²) >= 11 is 0. The second-order valence-electron chi connectivity index (χ2n) is 4.46. The molecular weight excluding hydrogens is 506 g/mol. The number of rotatable bonds is 2. The standard InChI is InChI=1S/C9H5F2N2.C7H5N4.Ir/c10-7-2-3-9(8(11)6-7)13-5-1-4-12-13;1-2-4-8-6(3-1)7-9-5-10-11-7;/h1-2,4-6H;1-5H;/q2*-1;. The normalized spacial score (nSPS) is 9.68. The summed E-state index contributed by atoms with van der Waals surface area (Å²) in [5, 5.41) is 11.2. The number of benzene rings is 1. The fourth-order valence-electron chi connectivity index (χ4n) is 1.81. The Kier molecular flexibility index (Phi) is 6.62. The maximum Gasteiger partial charge on any atom is 0.0633 e. The average molecular weight is 517 g/mol. The van der Waals surface area contributed by atoms with Crippen molar-refractivity contribution in [3.8, 4) is 17.2 Å². The van der Waals surface area contributed by atoms with Crippen molar-refractivity contribution in [2.45, 2.75) is 0 Å². The van der Waals surface area contributed by atoms with Crippen LogP contribution in [0.1, 0.15) is 0 Å². The summed E-state index contributed by atoms with van der Waals surface area (Å²) in [6.45, 7) is 0. The SMILES string of the molecule is Fc1c[c-]c(-n2cccn2)c(F)c1.[Ir].c1ccc(-c2ncn[n-]2)nc1. The Morgan fingerprint density at radius 2 is 1.96 bits per heavy atom. The summed E-state index contributed by atoms with van der Waals surface area (Å²) in [7, 11) is 0. The van der Waals surface area contributed by atoms with Gasteiger partial charge in [-0.25, -0.2) is 0 Å². The summed E-state index contributed by atoms with van der Waals surface area (Å²) in [6, 6.07) is 11.6. The van der Waals surface area contributed by atoms with Crippen molar-refractivity contribution in [2.75, 3.05) is 0 Å². The number of hydrogen-bond acceptors (Lipinski definition) is 4. The molecule has 0 aliphatic heterocycles. The van der Waals surface area contributed by atoms with Crippen LogP contribution in [-0.2, 0) is 20.1 Å². The predicted octanol–water partition coefficient (Wildman–Crippen LogP) is 2.44. The molecule has 0 N–H and O–H groups in total. The molecule has 1 radical (unpaired) electrons. The van der Waals surface area contributed by atoms with Crippen molar-refractivity contribution in [1.82, 2.24) is 29.9 Å². The Balaban J connectivity index is 0.000000175. The number of aromatic nitrogens is 6. The zero-order valence-electron chi connectivity index (χ0n) is 12.5. The molecule has 3 aromatic heterocycles. The maximum absolute atomic E-state index is 13.1. The van der Waals surface area contributed by atoms with E-state index >= 15 is 0 Å². The molecule has 0 fully saturated rings. The molecule has 25 heavy (non-hydrogen) atoms. The number of nitrogens with zero attached hydrogens (tertiary/aromatic N) is 6. The van der Waals surface area contributed by atoms with Crippen molar-refractivity contribution in [3.63, 3.8) is 0 Å². The van der Waals surface area contributed by atoms with E-state index in [2.05, 4.69) is 31.3 Å². The number of halogens is 2. The van der Waals surface area contributed by atoms with Crippen LogP contribution in [0.2, 0.25) is 0 Å². The third-order valence-electron chi connectivity index (χ3n) is 2.85. The van der Waals surface area contributed by atoms with Crippen molar-refractivity contribution in [3.05, 3.63) is 79.0 Å². The van der Waals surface area contributed by atoms with E-state index in [1.54, 1.807) is 18.5 Å². The quantitative estimate of drug-likeness (QED) is 0.383. The topological polar surface area (TPSA) is 70.6 Å². The summed E-state index contributed by atoms with van der Waals surface area (Å²) in [5.41, 5.74) is 0.872. The van der Waals surface area contributed by atoms with Crippen LogP contribution in [0.15, 0.2) is 61.3 Å². The van der Waals surface area contributed by atoms with Gasteiger partial charge in [0.25, 0.3) is 0 Å². The van der Waals surface area contributed by atoms with Crippen LogP contribution in [0.3, 0.4) is 0 Å². The van der Waals surface area contributed by atoms with Crippen molar-refractivity contribution in [1.29, 1.82) is 0 Å². The van der Waals surface area contributed by atoms with Crippen LogP contribution < -0.4 is 5.10 Å². The molecule has 0 spiro atoms. The van der Waals surface area contributed by atoms with Gasteiger partial charge in [0.1, 0.15) is 0 Å². The van der Waals surface area contributed by atoms with Gasteiger partial charge in [0.15, 0.2) is 0 Å². The Labute approximate surface area is 155 Å². The van der Waals surface area contributed by atoms with Crippen LogP contribution in [0.5, 0.6) is 0 Å². The molecule has 0 amide bonds. The van der Waals surface area contributed by atoms with E-state index in [4.69, 9.17) is 0 Å². The first-order valence-electron chi connectivity index (χ1n) is 6.82. The molecule has 129 valence electrons. The van der Waals surface area contributed by atoms with Gasteiger partial charge in [-0.2, -0.15) is 11.2 Å². The van der Waals surface area contributed by atoms with Crippen molar-refractivity contribution in [2.24, 2.45) is 0 Å². The maximum atomic E-state index is 13.1. The van der Waals surface area contributed by atoms with Crippen LogP contribution in [0, 0.1) is 17.7 Å². The van der Waals surface area contributed by atoms with Crippen molar-refractivity contribution < 1.29 is 28.9 Å². The molecule has 0 bridgehead atoms. The van der Waals surface area contributed by atoms with Gasteiger partial charge in [0, 0.05) is 56.7 Å². The molecular formula is C16H10F2IrN6-2. The summed E-state index contributed by atoms with van der Waals surface area (Å²) in [5.74, 6) is -0.747. The average Bonchev–Trinajstić information content (AvgIpc) is 3.30. The van der Waals surface area contributed by atoms with Gasteiger partial charge in [-0.3, -0.25) is 23.5 Å². The Morgan fingerprint density at radius 3 is 2.56 bits per heavy atom. The van der Waals surface area contributed by atoms with E-state index in [9.17, 15) is 8.78 Å². The molecule has 4 rings (SSSR count). The van der Waals surface area contributed by atoms with Gasteiger partial charge in [-0.1, -0.05) is 6.07 Å². The van der Waals surface area contributed by atoms with Crippen LogP contribution in [0.25, 0.3) is 17.2 Å². The van der Waals surface area contributed by atoms with Gasteiger partial charge in [0.05, 0.1) is 5.69 Å². The smallest absolute Gasteiger partial charge is 0.0633 e. The van der Waals surface area contributed by atoms with E-state index in [1.807, 2.05) is 18.2 Å². The van der Waals surface area contributed by atoms with E-state index in [1.165, 1.54) is 17.2 Å². The molecule has 9 heteroatoms. The minimum absolute atomic E-state index is 0. The first kappa shape index (κ1) is 18.6. The monoisotopic (exact) mass is 517 g/mol. The van der Waals surface area contributed by atoms with Gasteiger partial charge in [-0.05, 0) is 29.7 Å². The number of hydrogen-bond donors (Lipinski definition) is 0. The molecule has 0 unspecified atom stereocenters. The third-order valence-corrected chi connectivity index (χ3v) is 2.85. The zero-order chi connectivity index (χ0) is 16.8. The molecule has 0 saturated heterocycles. The third kappa shape index (κ3) is 4.85. The summed E-state index contributed by atoms with van der Waals surface area (Å²) in [4.78, 5) is 7.96. The molecule has 0 atom stereocenters. The zero-order valence-corrected chi connectivity index (χ0v) is 14.9. The van der Waals surface area contributed by atoms with Crippen LogP contribution in [0.4, 0.5) is 8.78 Å². The number of pyridine rings is 1. The van der Waals surface area contributed by atoms with E-state index < -0.39 is 11.6 Å². The molecule has 1 aromatic carbocycles. The second kappa shape index (κ2) is 8.91. The summed E-state index contributed by atoms with van der Waals surface area (Å²) < 4.78 is 26.9. The molecule has 6 nitrogen and oxygen atoms in total. The van der Waals surface area contributed by atoms with Gasteiger partial charge >= 0.3 is 0 Å². The molecule has 0 aliphatic rings. The van der Waals surface area contributed by atoms with E-state index in [-0.39, 0.29) is 25.8 Å².